The summed E-state index contributed by atoms with van der Waals surface area (Å²) in [6.45, 7) is 0. The summed E-state index contributed by atoms with van der Waals surface area (Å²) in [5, 5.41) is 49.3. The van der Waals surface area contributed by atoms with Crippen LogP contribution in [0.4, 0.5) is 0 Å². The molecule has 0 saturated carbocycles. The molecule has 0 radical (unpaired) electrons. The van der Waals surface area contributed by atoms with Crippen LogP contribution in [-0.4, -0.2) is 29.8 Å². The summed E-state index contributed by atoms with van der Waals surface area (Å²) in [6, 6.07) is 14.1. The molecule has 5 rings (SSSR count). The maximum atomic E-state index is 9.86. The molecule has 0 aliphatic heterocycles. The van der Waals surface area contributed by atoms with Crippen LogP contribution in [0.5, 0.6) is 0 Å². The Bertz CT molecular complexity index is 1140. The van der Waals surface area contributed by atoms with Gasteiger partial charge in [-0.1, -0.05) is 0 Å². The van der Waals surface area contributed by atoms with Crippen molar-refractivity contribution in [3.05, 3.63) is 121 Å². The Morgan fingerprint density at radius 1 is 0.366 bits per heavy atom. The van der Waals surface area contributed by atoms with Crippen molar-refractivity contribution in [2.45, 2.75) is 0 Å². The molecule has 0 spiro atoms. The van der Waals surface area contributed by atoms with Crippen LogP contribution < -0.4 is 25.5 Å². The molecular formula is C25H15NbO15. The summed E-state index contributed by atoms with van der Waals surface area (Å²) in [4.78, 5) is 49.3. The van der Waals surface area contributed by atoms with E-state index in [-0.39, 0.29) is 51.2 Å². The van der Waals surface area contributed by atoms with Crippen LogP contribution in [0.25, 0.3) is 0 Å². The SMILES string of the molecule is O=C([O-])c1ccco1.O=C([O-])c1ccco1.O=C([O-])c1ccco1.O=C([O-])c1ccco1.O=C([O-])c1ccco1.[Nb+5]. The zero-order valence-electron chi connectivity index (χ0n) is 20.2. The Kier molecular flexibility index (Phi) is 16.9. The van der Waals surface area contributed by atoms with E-state index in [1.807, 2.05) is 0 Å². The Balaban J connectivity index is 0.000000485. The van der Waals surface area contributed by atoms with Crippen LogP contribution >= 0.6 is 0 Å². The fraction of sp³-hybridized carbons (Fsp3) is 0. The van der Waals surface area contributed by atoms with Crippen molar-refractivity contribution >= 4 is 29.8 Å². The second-order valence-electron chi connectivity index (χ2n) is 6.32. The first-order valence-corrected chi connectivity index (χ1v) is 10.3. The van der Waals surface area contributed by atoms with E-state index in [4.69, 9.17) is 0 Å². The van der Waals surface area contributed by atoms with Crippen molar-refractivity contribution in [3.8, 4) is 0 Å². The summed E-state index contributed by atoms with van der Waals surface area (Å²) < 4.78 is 22.2. The van der Waals surface area contributed by atoms with Crippen molar-refractivity contribution in [1.29, 1.82) is 0 Å². The molecule has 210 valence electrons. The van der Waals surface area contributed by atoms with Crippen molar-refractivity contribution in [2.24, 2.45) is 0 Å². The van der Waals surface area contributed by atoms with E-state index >= 15 is 0 Å². The van der Waals surface area contributed by atoms with Crippen LogP contribution in [-0.2, 0) is 22.4 Å². The van der Waals surface area contributed by atoms with Gasteiger partial charge in [-0.15, -0.1) is 0 Å². The normalized spacial score (nSPS) is 8.78. The fourth-order valence-electron chi connectivity index (χ4n) is 1.97. The molecule has 0 bridgehead atoms. The number of hydrogen-bond donors (Lipinski definition) is 0. The maximum absolute atomic E-state index is 9.86. The zero-order valence-corrected chi connectivity index (χ0v) is 22.4. The summed E-state index contributed by atoms with van der Waals surface area (Å²) in [5.41, 5.74) is 0. The van der Waals surface area contributed by atoms with Gasteiger partial charge in [0.2, 0.25) is 0 Å². The van der Waals surface area contributed by atoms with Gasteiger partial charge in [-0.2, -0.15) is 0 Å². The molecule has 15 nitrogen and oxygen atoms in total. The van der Waals surface area contributed by atoms with Gasteiger partial charge in [0.15, 0.2) is 0 Å². The summed E-state index contributed by atoms with van der Waals surface area (Å²) >= 11 is 0. The quantitative estimate of drug-likeness (QED) is 0.191. The molecule has 5 aromatic rings. The number of carbonyl (C=O) groups excluding carboxylic acids is 5. The number of carbonyl (C=O) groups is 5. The predicted molar refractivity (Wildman–Crippen MR) is 115 cm³/mol. The Morgan fingerprint density at radius 3 is 0.561 bits per heavy atom. The molecule has 0 aliphatic rings. The Hall–Kier alpha value is -5.51. The third-order valence-electron chi connectivity index (χ3n) is 3.61. The topological polar surface area (TPSA) is 266 Å². The molecule has 0 aromatic carbocycles. The first-order valence-electron chi connectivity index (χ1n) is 10.3. The molecule has 0 N–H and O–H groups in total. The molecule has 5 aromatic heterocycles. The molecule has 0 unspecified atom stereocenters. The standard InChI is InChI=1S/5C5H4O3.Nb/c5*6-5(7)4-2-1-3-8-4;/h5*1-3H,(H,6,7);/q;;;;;+5/p-5. The van der Waals surface area contributed by atoms with Crippen molar-refractivity contribution in [2.75, 3.05) is 0 Å². The van der Waals surface area contributed by atoms with E-state index in [0.717, 1.165) is 0 Å². The van der Waals surface area contributed by atoms with E-state index < -0.39 is 29.8 Å². The van der Waals surface area contributed by atoms with Gasteiger partial charge in [0.05, 0.1) is 31.3 Å². The number of rotatable bonds is 5. The Morgan fingerprint density at radius 2 is 0.512 bits per heavy atom. The first kappa shape index (κ1) is 35.5. The van der Waals surface area contributed by atoms with Gasteiger partial charge in [0.1, 0.15) is 58.6 Å². The van der Waals surface area contributed by atoms with Crippen molar-refractivity contribution in [1.82, 2.24) is 0 Å². The molecule has 16 heteroatoms. The minimum atomic E-state index is -1.28. The van der Waals surface area contributed by atoms with E-state index in [9.17, 15) is 49.5 Å². The van der Waals surface area contributed by atoms with Gasteiger partial charge in [0, 0.05) is 0 Å². The molecule has 0 fully saturated rings. The van der Waals surface area contributed by atoms with Gasteiger partial charge in [-0.05, 0) is 60.7 Å². The summed E-state index contributed by atoms with van der Waals surface area (Å²) in [6.07, 6.45) is 6.41. The zero-order chi connectivity index (χ0) is 29.9. The molecular weight excluding hydrogens is 633 g/mol. The minimum Gasteiger partial charge on any atom is -0.542 e. The smallest absolute Gasteiger partial charge is 0.542 e. The molecule has 41 heavy (non-hydrogen) atoms. The number of furan rings is 5. The minimum absolute atomic E-state index is 0. The van der Waals surface area contributed by atoms with Gasteiger partial charge in [-0.25, -0.2) is 0 Å². The molecule has 0 saturated heterocycles. The molecule has 5 heterocycles. The predicted octanol–water partition coefficient (Wildman–Crippen LogP) is -1.79. The third-order valence-corrected chi connectivity index (χ3v) is 3.61. The van der Waals surface area contributed by atoms with Gasteiger partial charge >= 0.3 is 22.4 Å². The van der Waals surface area contributed by atoms with Gasteiger partial charge < -0.3 is 71.6 Å². The average molecular weight is 648 g/mol. The monoisotopic (exact) mass is 648 g/mol. The number of aromatic carboxylic acids is 5. The van der Waals surface area contributed by atoms with Crippen LogP contribution in [0.3, 0.4) is 0 Å². The van der Waals surface area contributed by atoms with E-state index in [1.54, 1.807) is 0 Å². The fourth-order valence-corrected chi connectivity index (χ4v) is 1.97. The van der Waals surface area contributed by atoms with Crippen molar-refractivity contribution in [3.63, 3.8) is 0 Å². The Labute approximate surface area is 244 Å². The van der Waals surface area contributed by atoms with Crippen molar-refractivity contribution < 1.29 is 94.0 Å². The van der Waals surface area contributed by atoms with E-state index in [1.165, 1.54) is 92.0 Å². The van der Waals surface area contributed by atoms with E-state index in [0.29, 0.717) is 0 Å². The van der Waals surface area contributed by atoms with Gasteiger partial charge in [-0.3, -0.25) is 0 Å². The second-order valence-corrected chi connectivity index (χ2v) is 6.32. The maximum Gasteiger partial charge on any atom is 5.00 e. The number of carboxylic acids is 5. The summed E-state index contributed by atoms with van der Waals surface area (Å²) in [5.74, 6) is -7.08. The third kappa shape index (κ3) is 14.9. The number of hydrogen-bond acceptors (Lipinski definition) is 15. The molecule has 0 atom stereocenters. The number of carboxylic acid groups (broad SMARTS) is 5. The second kappa shape index (κ2) is 19.5. The average Bonchev–Trinajstić information content (AvgIpc) is 3.74. The first-order chi connectivity index (χ1) is 19.0. The van der Waals surface area contributed by atoms with Gasteiger partial charge in [0.25, 0.3) is 0 Å². The largest absolute Gasteiger partial charge is 5.00 e. The van der Waals surface area contributed by atoms with Crippen LogP contribution in [0, 0.1) is 0 Å². The van der Waals surface area contributed by atoms with E-state index in [2.05, 4.69) is 22.1 Å². The molecule has 0 aliphatic carbocycles. The molecule has 0 amide bonds. The summed E-state index contributed by atoms with van der Waals surface area (Å²) in [7, 11) is 0. The van der Waals surface area contributed by atoms with Crippen LogP contribution in [0.2, 0.25) is 0 Å². The van der Waals surface area contributed by atoms with Crippen LogP contribution in [0.1, 0.15) is 52.8 Å². The van der Waals surface area contributed by atoms with Crippen LogP contribution in [0.15, 0.2) is 114 Å².